The fourth-order valence-corrected chi connectivity index (χ4v) is 5.11. The zero-order valence-corrected chi connectivity index (χ0v) is 23.6. The summed E-state index contributed by atoms with van der Waals surface area (Å²) in [5, 5.41) is 9.22. The van der Waals surface area contributed by atoms with Crippen LogP contribution in [-0.4, -0.2) is 47.6 Å². The Morgan fingerprint density at radius 1 is 1.12 bits per heavy atom. The average molecular weight is 598 g/mol. The van der Waals surface area contributed by atoms with Crippen molar-refractivity contribution in [2.45, 2.75) is 32.5 Å². The van der Waals surface area contributed by atoms with Crippen molar-refractivity contribution in [2.24, 2.45) is 0 Å². The second kappa shape index (κ2) is 13.1. The number of benzene rings is 2. The van der Waals surface area contributed by atoms with Gasteiger partial charge in [0, 0.05) is 46.9 Å². The molecule has 0 fully saturated rings. The Morgan fingerprint density at radius 2 is 1.86 bits per heavy atom. The molecule has 0 aliphatic heterocycles. The molecular weight excluding hydrogens is 570 g/mol. The summed E-state index contributed by atoms with van der Waals surface area (Å²) in [6.07, 6.45) is -1.98. The van der Waals surface area contributed by atoms with Crippen LogP contribution in [0.4, 0.5) is 17.6 Å². The van der Waals surface area contributed by atoms with E-state index in [1.807, 2.05) is 0 Å². The fourth-order valence-electron chi connectivity index (χ4n) is 4.42. The van der Waals surface area contributed by atoms with E-state index in [1.54, 1.807) is 73.3 Å². The van der Waals surface area contributed by atoms with Crippen LogP contribution in [-0.2, 0) is 28.2 Å². The molecule has 0 saturated carbocycles. The Hall–Kier alpha value is -4.37. The number of carbonyl (C=O) groups is 1. The third kappa shape index (κ3) is 7.09. The number of rotatable bonds is 10. The van der Waals surface area contributed by atoms with E-state index in [2.05, 4.69) is 11.1 Å². The predicted octanol–water partition coefficient (Wildman–Crippen LogP) is 5.86. The van der Waals surface area contributed by atoms with Crippen LogP contribution in [0.3, 0.4) is 0 Å². The van der Waals surface area contributed by atoms with E-state index in [1.165, 1.54) is 4.90 Å². The SMILES string of the molecule is CCS(=O)CCN(C(=O)Cc1ccc(F)c(C(F)(F)F)c1)[C@H](C)c1nc(-c2ccccn2)cn1-c1ccc(C#N)cc1. The minimum Gasteiger partial charge on any atom is -0.332 e. The quantitative estimate of drug-likeness (QED) is 0.214. The number of pyridine rings is 1. The largest absolute Gasteiger partial charge is 0.419 e. The molecule has 4 rings (SSSR count). The van der Waals surface area contributed by atoms with Gasteiger partial charge in [0.1, 0.15) is 17.3 Å². The zero-order chi connectivity index (χ0) is 30.4. The molecule has 0 saturated heterocycles. The third-order valence-corrected chi connectivity index (χ3v) is 7.95. The maximum Gasteiger partial charge on any atom is 0.419 e. The first-order valence-corrected chi connectivity index (χ1v) is 14.5. The van der Waals surface area contributed by atoms with Crippen molar-refractivity contribution in [3.05, 3.63) is 101 Å². The van der Waals surface area contributed by atoms with Crippen molar-refractivity contribution < 1.29 is 26.6 Å². The highest BCUT2D eigenvalue weighted by molar-refractivity contribution is 7.84. The highest BCUT2D eigenvalue weighted by atomic mass is 32.2. The van der Waals surface area contributed by atoms with E-state index in [-0.39, 0.29) is 17.9 Å². The van der Waals surface area contributed by atoms with E-state index in [9.17, 15) is 31.8 Å². The number of carbonyl (C=O) groups excluding carboxylic acids is 1. The van der Waals surface area contributed by atoms with E-state index in [0.717, 1.165) is 6.07 Å². The van der Waals surface area contributed by atoms with Crippen LogP contribution >= 0.6 is 0 Å². The summed E-state index contributed by atoms with van der Waals surface area (Å²) in [5.41, 5.74) is 0.746. The number of halogens is 4. The van der Waals surface area contributed by atoms with Crippen molar-refractivity contribution in [1.29, 1.82) is 5.26 Å². The number of alkyl halides is 3. The molecular formula is C30H27F4N5O2S. The molecule has 0 aliphatic carbocycles. The van der Waals surface area contributed by atoms with Crippen molar-refractivity contribution in [2.75, 3.05) is 18.1 Å². The van der Waals surface area contributed by atoms with Crippen molar-refractivity contribution in [1.82, 2.24) is 19.4 Å². The number of amides is 1. The van der Waals surface area contributed by atoms with Gasteiger partial charge in [-0.2, -0.15) is 18.4 Å². The predicted molar refractivity (Wildman–Crippen MR) is 150 cm³/mol. The molecule has 0 bridgehead atoms. The van der Waals surface area contributed by atoms with E-state index >= 15 is 0 Å². The standard InChI is InChI=1S/C30H27F4N5O2S/c1-3-42(41)15-14-38(28(40)17-22-9-12-25(31)24(16-22)30(32,33)34)20(2)29-37-27(26-6-4-5-13-36-26)19-39(29)23-10-7-21(18-35)8-11-23/h4-13,16,19-20H,3,14-15,17H2,1-2H3/t20-,42?/m1/s1. The number of imidazole rings is 1. The lowest BCUT2D eigenvalue weighted by Gasteiger charge is -2.29. The molecule has 218 valence electrons. The molecule has 7 nitrogen and oxygen atoms in total. The summed E-state index contributed by atoms with van der Waals surface area (Å²) >= 11 is 0. The molecule has 0 N–H and O–H groups in total. The minimum atomic E-state index is -4.91. The van der Waals surface area contributed by atoms with Gasteiger partial charge in [0.15, 0.2) is 0 Å². The number of nitrogens with zero attached hydrogens (tertiary/aromatic N) is 5. The zero-order valence-electron chi connectivity index (χ0n) is 22.8. The first-order valence-electron chi connectivity index (χ1n) is 13.0. The third-order valence-electron chi connectivity index (χ3n) is 6.67. The molecule has 1 amide bonds. The lowest BCUT2D eigenvalue weighted by atomic mass is 10.1. The van der Waals surface area contributed by atoms with Crippen LogP contribution in [0.5, 0.6) is 0 Å². The molecule has 42 heavy (non-hydrogen) atoms. The molecule has 12 heteroatoms. The molecule has 2 heterocycles. The van der Waals surface area contributed by atoms with E-state index < -0.39 is 46.7 Å². The van der Waals surface area contributed by atoms with Gasteiger partial charge in [-0.15, -0.1) is 0 Å². The van der Waals surface area contributed by atoms with Gasteiger partial charge in [0.05, 0.1) is 35.4 Å². The maximum absolute atomic E-state index is 13.9. The van der Waals surface area contributed by atoms with Crippen LogP contribution in [0.15, 0.2) is 73.1 Å². The topological polar surface area (TPSA) is 91.9 Å². The summed E-state index contributed by atoms with van der Waals surface area (Å²) in [6, 6.07) is 15.9. The molecule has 2 aromatic carbocycles. The van der Waals surface area contributed by atoms with E-state index in [4.69, 9.17) is 4.98 Å². The van der Waals surface area contributed by atoms with Gasteiger partial charge < -0.3 is 9.47 Å². The Bertz CT molecular complexity index is 1620. The van der Waals surface area contributed by atoms with Crippen molar-refractivity contribution in [3.63, 3.8) is 0 Å². The van der Waals surface area contributed by atoms with Gasteiger partial charge in [-0.1, -0.05) is 19.1 Å². The van der Waals surface area contributed by atoms with Crippen LogP contribution in [0, 0.1) is 17.1 Å². The monoisotopic (exact) mass is 597 g/mol. The average Bonchev–Trinajstić information content (AvgIpc) is 3.43. The lowest BCUT2D eigenvalue weighted by molar-refractivity contribution is -0.140. The number of hydrogen-bond donors (Lipinski definition) is 0. The Morgan fingerprint density at radius 3 is 2.48 bits per heavy atom. The first-order chi connectivity index (χ1) is 20.0. The second-order valence-electron chi connectivity index (χ2n) is 9.41. The van der Waals surface area contributed by atoms with Crippen molar-refractivity contribution in [3.8, 4) is 23.1 Å². The van der Waals surface area contributed by atoms with Gasteiger partial charge in [-0.25, -0.2) is 9.37 Å². The summed E-state index contributed by atoms with van der Waals surface area (Å²) in [7, 11) is -1.23. The number of hydrogen-bond acceptors (Lipinski definition) is 5. The Balaban J connectivity index is 1.75. The van der Waals surface area contributed by atoms with E-state index in [0.29, 0.717) is 46.3 Å². The number of nitriles is 1. The van der Waals surface area contributed by atoms with Gasteiger partial charge in [-0.05, 0) is 61.0 Å². The second-order valence-corrected chi connectivity index (χ2v) is 11.3. The van der Waals surface area contributed by atoms with Gasteiger partial charge in [-0.3, -0.25) is 14.0 Å². The van der Waals surface area contributed by atoms with Crippen LogP contribution in [0.1, 0.15) is 42.4 Å². The van der Waals surface area contributed by atoms with Gasteiger partial charge in [0.2, 0.25) is 5.91 Å². The van der Waals surface area contributed by atoms with Crippen molar-refractivity contribution >= 4 is 16.7 Å². The Labute approximate surface area is 242 Å². The summed E-state index contributed by atoms with van der Waals surface area (Å²) in [6.45, 7) is 3.52. The highest BCUT2D eigenvalue weighted by Crippen LogP contribution is 2.33. The first kappa shape index (κ1) is 30.6. The van der Waals surface area contributed by atoms with Gasteiger partial charge in [0.25, 0.3) is 0 Å². The normalized spacial score (nSPS) is 12.9. The summed E-state index contributed by atoms with van der Waals surface area (Å²) in [5.74, 6) is -1.02. The fraction of sp³-hybridized carbons (Fsp3) is 0.267. The van der Waals surface area contributed by atoms with Crippen LogP contribution in [0.25, 0.3) is 17.1 Å². The van der Waals surface area contributed by atoms with Gasteiger partial charge >= 0.3 is 6.18 Å². The molecule has 0 spiro atoms. The van der Waals surface area contributed by atoms with Crippen LogP contribution < -0.4 is 0 Å². The maximum atomic E-state index is 13.9. The smallest absolute Gasteiger partial charge is 0.332 e. The summed E-state index contributed by atoms with van der Waals surface area (Å²) in [4.78, 5) is 24.2. The number of aromatic nitrogens is 3. The summed E-state index contributed by atoms with van der Waals surface area (Å²) < 4.78 is 67.9. The Kier molecular flexibility index (Phi) is 9.52. The molecule has 0 radical (unpaired) electrons. The highest BCUT2D eigenvalue weighted by Gasteiger charge is 2.35. The minimum absolute atomic E-state index is 0.00727. The molecule has 0 aliphatic rings. The molecule has 2 aromatic heterocycles. The lowest BCUT2D eigenvalue weighted by Crippen LogP contribution is -2.38. The molecule has 2 atom stereocenters. The molecule has 4 aromatic rings. The molecule has 1 unspecified atom stereocenters. The van der Waals surface area contributed by atoms with Crippen LogP contribution in [0.2, 0.25) is 0 Å².